The number of hydrogen-bond acceptors (Lipinski definition) is 2. The number of carbonyl (C=O) groups excluding carboxylic acids is 2. The molecule has 0 saturated carbocycles. The molecule has 0 amide bonds. The minimum atomic E-state index is -0.526. The van der Waals surface area contributed by atoms with E-state index < -0.39 is 11.3 Å². The summed E-state index contributed by atoms with van der Waals surface area (Å²) in [5.41, 5.74) is 0.567. The summed E-state index contributed by atoms with van der Waals surface area (Å²) in [6, 6.07) is 9.63. The van der Waals surface area contributed by atoms with Gasteiger partial charge >= 0.3 is 0 Å². The van der Waals surface area contributed by atoms with Crippen molar-refractivity contribution in [1.29, 1.82) is 0 Å². The molecule has 0 aromatic heterocycles. The fourth-order valence-electron chi connectivity index (χ4n) is 1.63. The third kappa shape index (κ3) is 3.30. The topological polar surface area (TPSA) is 34.1 Å². The van der Waals surface area contributed by atoms with Crippen LogP contribution >= 0.6 is 0 Å². The van der Waals surface area contributed by atoms with Crippen molar-refractivity contribution in [2.45, 2.75) is 27.2 Å². The van der Waals surface area contributed by atoms with Gasteiger partial charge in [-0.3, -0.25) is 4.79 Å². The number of ketones is 1. The van der Waals surface area contributed by atoms with E-state index in [1.807, 2.05) is 51.1 Å². The van der Waals surface area contributed by atoms with Gasteiger partial charge in [-0.1, -0.05) is 51.1 Å². The number of hydrogen-bond donors (Lipinski definition) is 0. The van der Waals surface area contributed by atoms with Crippen LogP contribution in [-0.4, -0.2) is 12.1 Å². The van der Waals surface area contributed by atoms with Gasteiger partial charge in [0.25, 0.3) is 0 Å². The molecule has 0 heterocycles. The van der Waals surface area contributed by atoms with Gasteiger partial charge in [-0.05, 0) is 12.0 Å². The van der Waals surface area contributed by atoms with Gasteiger partial charge in [0.15, 0.2) is 0 Å². The molecule has 0 radical (unpaired) electrons. The lowest BCUT2D eigenvalue weighted by atomic mass is 9.81. The van der Waals surface area contributed by atoms with E-state index >= 15 is 0 Å². The Balaban J connectivity index is 2.78. The zero-order valence-corrected chi connectivity index (χ0v) is 10.1. The van der Waals surface area contributed by atoms with Crippen LogP contribution in [0, 0.1) is 11.3 Å². The van der Waals surface area contributed by atoms with Crippen molar-refractivity contribution in [3.8, 4) is 0 Å². The molecule has 16 heavy (non-hydrogen) atoms. The molecule has 86 valence electrons. The van der Waals surface area contributed by atoms with E-state index in [1.54, 1.807) is 0 Å². The van der Waals surface area contributed by atoms with Crippen LogP contribution < -0.4 is 0 Å². The maximum absolute atomic E-state index is 12.0. The second-order valence-electron chi connectivity index (χ2n) is 5.05. The summed E-state index contributed by atoms with van der Waals surface area (Å²) in [6.45, 7) is 5.53. The molecule has 0 aliphatic heterocycles. The van der Waals surface area contributed by atoms with Gasteiger partial charge in [0.1, 0.15) is 12.1 Å². The minimum absolute atomic E-state index is 0.00588. The fraction of sp³-hybridized carbons (Fsp3) is 0.429. The molecular formula is C14H18O2. The van der Waals surface area contributed by atoms with Gasteiger partial charge in [-0.2, -0.15) is 0 Å². The van der Waals surface area contributed by atoms with E-state index in [1.165, 1.54) is 0 Å². The van der Waals surface area contributed by atoms with Gasteiger partial charge in [0.05, 0.1) is 5.92 Å². The van der Waals surface area contributed by atoms with Crippen LogP contribution in [0.5, 0.6) is 0 Å². The molecular weight excluding hydrogens is 200 g/mol. The second-order valence-corrected chi connectivity index (χ2v) is 5.05. The Bertz CT molecular complexity index is 360. The molecule has 0 aliphatic rings. The quantitative estimate of drug-likeness (QED) is 0.575. The van der Waals surface area contributed by atoms with Crippen LogP contribution in [0.3, 0.4) is 0 Å². The van der Waals surface area contributed by atoms with Crippen LogP contribution in [0.4, 0.5) is 0 Å². The maximum Gasteiger partial charge on any atom is 0.148 e. The van der Waals surface area contributed by atoms with Crippen molar-refractivity contribution in [2.75, 3.05) is 0 Å². The third-order valence-electron chi connectivity index (χ3n) is 2.54. The molecule has 0 saturated heterocycles. The summed E-state index contributed by atoms with van der Waals surface area (Å²) < 4.78 is 0. The number of carbonyl (C=O) groups is 2. The molecule has 2 nitrogen and oxygen atoms in total. The molecule has 1 atom stereocenters. The number of benzene rings is 1. The summed E-state index contributed by atoms with van der Waals surface area (Å²) in [5, 5.41) is 0. The van der Waals surface area contributed by atoms with Crippen LogP contribution in [0.15, 0.2) is 30.3 Å². The predicted molar refractivity (Wildman–Crippen MR) is 64.2 cm³/mol. The highest BCUT2D eigenvalue weighted by Gasteiger charge is 2.29. The van der Waals surface area contributed by atoms with E-state index in [9.17, 15) is 9.59 Å². The summed E-state index contributed by atoms with van der Waals surface area (Å²) in [7, 11) is 0. The van der Waals surface area contributed by atoms with Crippen LogP contribution in [0.1, 0.15) is 26.3 Å². The highest BCUT2D eigenvalue weighted by molar-refractivity contribution is 5.96. The van der Waals surface area contributed by atoms with Gasteiger partial charge in [-0.25, -0.2) is 0 Å². The first-order valence-corrected chi connectivity index (χ1v) is 5.48. The third-order valence-corrected chi connectivity index (χ3v) is 2.54. The number of rotatable bonds is 4. The maximum atomic E-state index is 12.0. The number of Topliss-reactive ketones (excluding diaryl/α,β-unsaturated/α-hetero) is 1. The molecule has 0 unspecified atom stereocenters. The first-order valence-electron chi connectivity index (χ1n) is 5.48. The van der Waals surface area contributed by atoms with Crippen molar-refractivity contribution >= 4 is 12.1 Å². The summed E-state index contributed by atoms with van der Waals surface area (Å²) in [6.07, 6.45) is 1.26. The molecule has 0 fully saturated rings. The Morgan fingerprint density at radius 2 is 1.81 bits per heavy atom. The Morgan fingerprint density at radius 3 is 2.25 bits per heavy atom. The monoisotopic (exact) mass is 218 g/mol. The fourth-order valence-corrected chi connectivity index (χ4v) is 1.63. The Labute approximate surface area is 96.7 Å². The highest BCUT2D eigenvalue weighted by atomic mass is 16.1. The lowest BCUT2D eigenvalue weighted by molar-refractivity contribution is -0.133. The Hall–Kier alpha value is -1.44. The predicted octanol–water partition coefficient (Wildman–Crippen LogP) is 2.66. The van der Waals surface area contributed by atoms with Gasteiger partial charge in [0, 0.05) is 5.41 Å². The molecule has 0 bridgehead atoms. The summed E-state index contributed by atoms with van der Waals surface area (Å²) in [5.74, 6) is -0.520. The minimum Gasteiger partial charge on any atom is -0.303 e. The zero-order chi connectivity index (χ0) is 12.2. The largest absolute Gasteiger partial charge is 0.303 e. The standard InChI is InChI=1S/C14H18O2/c1-14(2,3)13(16)12(10-15)9-11-7-5-4-6-8-11/h4-8,10,12H,9H2,1-3H3/t12-/m1/s1. The van der Waals surface area contributed by atoms with Gasteiger partial charge < -0.3 is 4.79 Å². The molecule has 1 aromatic rings. The average molecular weight is 218 g/mol. The molecule has 0 N–H and O–H groups in total. The van der Waals surface area contributed by atoms with Crippen LogP contribution in [0.2, 0.25) is 0 Å². The number of aldehydes is 1. The molecule has 0 spiro atoms. The average Bonchev–Trinajstić information content (AvgIpc) is 2.25. The molecule has 0 aliphatic carbocycles. The van der Waals surface area contributed by atoms with Crippen LogP contribution in [-0.2, 0) is 16.0 Å². The van der Waals surface area contributed by atoms with Gasteiger partial charge in [-0.15, -0.1) is 0 Å². The molecule has 1 rings (SSSR count). The van der Waals surface area contributed by atoms with E-state index in [0.717, 1.165) is 11.8 Å². The van der Waals surface area contributed by atoms with Crippen molar-refractivity contribution in [2.24, 2.45) is 11.3 Å². The second kappa shape index (κ2) is 5.06. The molecule has 2 heteroatoms. The van der Waals surface area contributed by atoms with Gasteiger partial charge in [0.2, 0.25) is 0 Å². The lowest BCUT2D eigenvalue weighted by Crippen LogP contribution is -2.30. The smallest absolute Gasteiger partial charge is 0.148 e. The SMILES string of the molecule is CC(C)(C)C(=O)[C@@H](C=O)Cc1ccccc1. The lowest BCUT2D eigenvalue weighted by Gasteiger charge is -2.20. The summed E-state index contributed by atoms with van der Waals surface area (Å²) >= 11 is 0. The summed E-state index contributed by atoms with van der Waals surface area (Å²) in [4.78, 5) is 22.9. The van der Waals surface area contributed by atoms with Crippen molar-refractivity contribution in [3.63, 3.8) is 0 Å². The molecule has 1 aromatic carbocycles. The first kappa shape index (κ1) is 12.6. The normalized spacial score (nSPS) is 13.2. The van der Waals surface area contributed by atoms with Crippen LogP contribution in [0.25, 0.3) is 0 Å². The Morgan fingerprint density at radius 1 is 1.25 bits per heavy atom. The van der Waals surface area contributed by atoms with Crippen molar-refractivity contribution < 1.29 is 9.59 Å². The van der Waals surface area contributed by atoms with E-state index in [2.05, 4.69) is 0 Å². The highest BCUT2D eigenvalue weighted by Crippen LogP contribution is 2.21. The Kier molecular flexibility index (Phi) is 3.99. The van der Waals surface area contributed by atoms with E-state index in [4.69, 9.17) is 0 Å². The van der Waals surface area contributed by atoms with Crippen molar-refractivity contribution in [3.05, 3.63) is 35.9 Å². The van der Waals surface area contributed by atoms with Crippen molar-refractivity contribution in [1.82, 2.24) is 0 Å². The van der Waals surface area contributed by atoms with E-state index in [-0.39, 0.29) is 5.78 Å². The van der Waals surface area contributed by atoms with E-state index in [0.29, 0.717) is 6.42 Å². The zero-order valence-electron chi connectivity index (χ0n) is 10.1. The first-order chi connectivity index (χ1) is 7.45.